The molecule has 0 fully saturated rings. The van der Waals surface area contributed by atoms with Crippen LogP contribution in [0.2, 0.25) is 0 Å². The Hall–Kier alpha value is -3.14. The van der Waals surface area contributed by atoms with Crippen LogP contribution in [0.1, 0.15) is 18.4 Å². The maximum Gasteiger partial charge on any atom is 0.231 e. The van der Waals surface area contributed by atoms with Crippen LogP contribution in [-0.2, 0) is 4.79 Å². The second-order valence-corrected chi connectivity index (χ2v) is 6.04. The fraction of sp³-hybridized carbons (Fsp3) is 0.136. The topological polar surface area (TPSA) is 38.3 Å². The van der Waals surface area contributed by atoms with Gasteiger partial charge in [-0.25, -0.2) is 4.39 Å². The van der Waals surface area contributed by atoms with Crippen molar-refractivity contribution in [1.82, 2.24) is 0 Å². The van der Waals surface area contributed by atoms with Crippen LogP contribution >= 0.6 is 0 Å². The molecule has 0 unspecified atom stereocenters. The van der Waals surface area contributed by atoms with Crippen molar-refractivity contribution in [3.8, 4) is 16.9 Å². The molecule has 0 saturated carbocycles. The summed E-state index contributed by atoms with van der Waals surface area (Å²) in [7, 11) is 1.59. The summed E-state index contributed by atoms with van der Waals surface area (Å²) in [6.45, 7) is 1.76. The minimum absolute atomic E-state index is 0.193. The van der Waals surface area contributed by atoms with Gasteiger partial charge in [-0.05, 0) is 48.4 Å². The molecule has 3 aromatic carbocycles. The first-order valence-electron chi connectivity index (χ1n) is 8.38. The van der Waals surface area contributed by atoms with E-state index in [4.69, 9.17) is 4.74 Å². The molecule has 0 heterocycles. The average molecular weight is 349 g/mol. The lowest BCUT2D eigenvalue weighted by Gasteiger charge is -2.14. The Bertz CT molecular complexity index is 892. The monoisotopic (exact) mass is 349 g/mol. The van der Waals surface area contributed by atoms with E-state index in [-0.39, 0.29) is 11.7 Å². The van der Waals surface area contributed by atoms with Gasteiger partial charge in [0, 0.05) is 11.3 Å². The summed E-state index contributed by atoms with van der Waals surface area (Å²) in [4.78, 5) is 12.5. The van der Waals surface area contributed by atoms with Crippen molar-refractivity contribution in [2.24, 2.45) is 0 Å². The lowest BCUT2D eigenvalue weighted by Crippen LogP contribution is -2.19. The third-order valence-electron chi connectivity index (χ3n) is 4.33. The molecule has 0 bridgehead atoms. The van der Waals surface area contributed by atoms with Crippen LogP contribution in [0.5, 0.6) is 5.75 Å². The molecule has 3 aromatic rings. The number of rotatable bonds is 5. The predicted octanol–water partition coefficient (Wildman–Crippen LogP) is 5.24. The normalized spacial score (nSPS) is 11.7. The highest BCUT2D eigenvalue weighted by atomic mass is 19.1. The number of nitrogens with one attached hydrogen (secondary N) is 1. The first-order chi connectivity index (χ1) is 12.6. The Morgan fingerprint density at radius 3 is 2.31 bits per heavy atom. The van der Waals surface area contributed by atoms with Crippen LogP contribution in [0.25, 0.3) is 11.1 Å². The third kappa shape index (κ3) is 3.91. The Morgan fingerprint density at radius 1 is 1.00 bits per heavy atom. The number of anilines is 1. The number of carbonyl (C=O) groups is 1. The van der Waals surface area contributed by atoms with Crippen molar-refractivity contribution in [2.75, 3.05) is 12.4 Å². The van der Waals surface area contributed by atoms with Gasteiger partial charge < -0.3 is 10.1 Å². The highest BCUT2D eigenvalue weighted by Gasteiger charge is 2.17. The number of amides is 1. The summed E-state index contributed by atoms with van der Waals surface area (Å²) in [6.07, 6.45) is 0. The van der Waals surface area contributed by atoms with E-state index in [0.29, 0.717) is 16.8 Å². The van der Waals surface area contributed by atoms with Crippen molar-refractivity contribution in [3.05, 3.63) is 84.2 Å². The van der Waals surface area contributed by atoms with Gasteiger partial charge in [0.2, 0.25) is 5.91 Å². The van der Waals surface area contributed by atoms with Crippen molar-refractivity contribution >= 4 is 11.6 Å². The molecule has 0 aliphatic rings. The van der Waals surface area contributed by atoms with Gasteiger partial charge in [0.25, 0.3) is 0 Å². The molecule has 1 atom stereocenters. The second-order valence-electron chi connectivity index (χ2n) is 6.04. The maximum absolute atomic E-state index is 14.5. The van der Waals surface area contributed by atoms with Crippen LogP contribution in [-0.4, -0.2) is 13.0 Å². The van der Waals surface area contributed by atoms with Crippen molar-refractivity contribution in [1.29, 1.82) is 0 Å². The van der Waals surface area contributed by atoms with E-state index in [1.165, 1.54) is 6.07 Å². The lowest BCUT2D eigenvalue weighted by atomic mass is 9.96. The first kappa shape index (κ1) is 17.7. The van der Waals surface area contributed by atoms with Gasteiger partial charge in [0.05, 0.1) is 13.0 Å². The van der Waals surface area contributed by atoms with Gasteiger partial charge in [-0.2, -0.15) is 0 Å². The van der Waals surface area contributed by atoms with Crippen LogP contribution in [0.4, 0.5) is 10.1 Å². The predicted molar refractivity (Wildman–Crippen MR) is 102 cm³/mol. The summed E-state index contributed by atoms with van der Waals surface area (Å²) in [5.74, 6) is -0.286. The number of halogens is 1. The van der Waals surface area contributed by atoms with Gasteiger partial charge in [-0.3, -0.25) is 4.79 Å². The molecule has 1 amide bonds. The van der Waals surface area contributed by atoms with Gasteiger partial charge in [-0.1, -0.05) is 42.5 Å². The Morgan fingerprint density at radius 2 is 1.69 bits per heavy atom. The summed E-state index contributed by atoms with van der Waals surface area (Å²) < 4.78 is 19.6. The minimum atomic E-state index is -0.476. The largest absolute Gasteiger partial charge is 0.497 e. The highest BCUT2D eigenvalue weighted by molar-refractivity contribution is 5.95. The van der Waals surface area contributed by atoms with Gasteiger partial charge in [-0.15, -0.1) is 0 Å². The molecule has 0 spiro atoms. The van der Waals surface area contributed by atoms with Crippen LogP contribution < -0.4 is 10.1 Å². The zero-order valence-corrected chi connectivity index (χ0v) is 14.7. The van der Waals surface area contributed by atoms with Crippen LogP contribution in [0.15, 0.2) is 72.8 Å². The number of hydrogen-bond donors (Lipinski definition) is 1. The summed E-state index contributed by atoms with van der Waals surface area (Å²) >= 11 is 0. The quantitative estimate of drug-likeness (QED) is 0.684. The second kappa shape index (κ2) is 7.83. The van der Waals surface area contributed by atoms with Gasteiger partial charge in [0.15, 0.2) is 0 Å². The fourth-order valence-corrected chi connectivity index (χ4v) is 2.73. The third-order valence-corrected chi connectivity index (χ3v) is 4.33. The number of carbonyl (C=O) groups excluding carboxylic acids is 1. The molecule has 0 aromatic heterocycles. The minimum Gasteiger partial charge on any atom is -0.497 e. The zero-order chi connectivity index (χ0) is 18.5. The molecular weight excluding hydrogens is 329 g/mol. The van der Waals surface area contributed by atoms with E-state index >= 15 is 0 Å². The molecule has 1 N–H and O–H groups in total. The molecule has 4 heteroatoms. The molecule has 26 heavy (non-hydrogen) atoms. The van der Waals surface area contributed by atoms with E-state index in [2.05, 4.69) is 5.32 Å². The summed E-state index contributed by atoms with van der Waals surface area (Å²) in [5, 5.41) is 2.84. The molecular formula is C22H20FNO2. The Balaban J connectivity index is 1.75. The number of hydrogen-bond acceptors (Lipinski definition) is 2. The van der Waals surface area contributed by atoms with Gasteiger partial charge in [0.1, 0.15) is 11.6 Å². The summed E-state index contributed by atoms with van der Waals surface area (Å²) in [5.41, 5.74) is 2.64. The van der Waals surface area contributed by atoms with E-state index < -0.39 is 5.92 Å². The average Bonchev–Trinajstić information content (AvgIpc) is 2.68. The Kier molecular flexibility index (Phi) is 5.32. The maximum atomic E-state index is 14.5. The van der Waals surface area contributed by atoms with E-state index in [9.17, 15) is 9.18 Å². The molecule has 0 radical (unpaired) electrons. The molecule has 0 aliphatic carbocycles. The van der Waals surface area contributed by atoms with Crippen molar-refractivity contribution in [2.45, 2.75) is 12.8 Å². The number of ether oxygens (including phenoxy) is 1. The van der Waals surface area contributed by atoms with Crippen LogP contribution in [0.3, 0.4) is 0 Å². The molecule has 0 saturated heterocycles. The zero-order valence-electron chi connectivity index (χ0n) is 14.7. The summed E-state index contributed by atoms with van der Waals surface area (Å²) in [6, 6.07) is 21.4. The van der Waals surface area contributed by atoms with Crippen LogP contribution in [0, 0.1) is 5.82 Å². The molecule has 0 aliphatic heterocycles. The highest BCUT2D eigenvalue weighted by Crippen LogP contribution is 2.27. The first-order valence-corrected chi connectivity index (χ1v) is 8.38. The smallest absolute Gasteiger partial charge is 0.231 e. The Labute approximate surface area is 152 Å². The lowest BCUT2D eigenvalue weighted by molar-refractivity contribution is -0.117. The SMILES string of the molecule is COc1ccc(NC(=O)[C@@H](C)c2ccc(-c3ccccc3)c(F)c2)cc1. The van der Waals surface area contributed by atoms with Crippen molar-refractivity contribution in [3.63, 3.8) is 0 Å². The van der Waals surface area contributed by atoms with Crippen molar-refractivity contribution < 1.29 is 13.9 Å². The molecule has 3 rings (SSSR count). The number of benzene rings is 3. The molecule has 132 valence electrons. The fourth-order valence-electron chi connectivity index (χ4n) is 2.73. The van der Waals surface area contributed by atoms with E-state index in [1.54, 1.807) is 50.4 Å². The number of methoxy groups -OCH3 is 1. The van der Waals surface area contributed by atoms with Gasteiger partial charge >= 0.3 is 0 Å². The standard InChI is InChI=1S/C22H20FNO2/c1-15(22(25)24-18-9-11-19(26-2)12-10-18)17-8-13-20(21(23)14-17)16-6-4-3-5-7-16/h3-15H,1-2H3,(H,24,25)/t15-/m0/s1. The van der Waals surface area contributed by atoms with E-state index in [1.807, 2.05) is 30.3 Å². The van der Waals surface area contributed by atoms with E-state index in [0.717, 1.165) is 11.3 Å². The molecule has 3 nitrogen and oxygen atoms in total.